The van der Waals surface area contributed by atoms with Crippen molar-refractivity contribution in [2.24, 2.45) is 7.05 Å². The summed E-state index contributed by atoms with van der Waals surface area (Å²) in [7, 11) is 3.46. The van der Waals surface area contributed by atoms with Crippen molar-refractivity contribution in [3.63, 3.8) is 0 Å². The first kappa shape index (κ1) is 44.8. The maximum atomic E-state index is 13.7. The van der Waals surface area contributed by atoms with Crippen molar-refractivity contribution in [1.82, 2.24) is 39.8 Å². The molecule has 1 atom stereocenters. The highest BCUT2D eigenvalue weighted by Gasteiger charge is 2.43. The number of carbonyl (C=O) groups excluding carboxylic acids is 4. The average Bonchev–Trinajstić information content (AvgIpc) is 3.65. The summed E-state index contributed by atoms with van der Waals surface area (Å²) in [5.74, 6) is -0.386. The summed E-state index contributed by atoms with van der Waals surface area (Å²) >= 11 is 6.56. The van der Waals surface area contributed by atoms with Crippen molar-refractivity contribution in [2.45, 2.75) is 74.8 Å². The highest BCUT2D eigenvalue weighted by molar-refractivity contribution is 6.33. The Morgan fingerprint density at radius 2 is 1.64 bits per heavy atom. The van der Waals surface area contributed by atoms with Gasteiger partial charge < -0.3 is 30.3 Å². The highest BCUT2D eigenvalue weighted by atomic mass is 35.5. The van der Waals surface area contributed by atoms with E-state index in [2.05, 4.69) is 37.7 Å². The molecule has 8 rings (SSSR count). The van der Waals surface area contributed by atoms with E-state index < -0.39 is 11.5 Å². The topological polar surface area (TPSA) is 166 Å². The molecular formula is C48H55ClFN9O5. The molecular weight excluding hydrogens is 837 g/mol. The minimum atomic E-state index is -1.51. The summed E-state index contributed by atoms with van der Waals surface area (Å²) in [4.78, 5) is 65.8. The second kappa shape index (κ2) is 19.5. The molecule has 336 valence electrons. The van der Waals surface area contributed by atoms with E-state index in [-0.39, 0.29) is 48.8 Å². The lowest BCUT2D eigenvalue weighted by molar-refractivity contribution is -0.160. The third-order valence-corrected chi connectivity index (χ3v) is 13.6. The van der Waals surface area contributed by atoms with E-state index in [4.69, 9.17) is 16.6 Å². The lowest BCUT2D eigenvalue weighted by Gasteiger charge is -2.42. The molecule has 0 radical (unpaired) electrons. The van der Waals surface area contributed by atoms with Crippen LogP contribution in [-0.2, 0) is 26.2 Å². The number of hydrogen-bond acceptors (Lipinski definition) is 10. The molecule has 3 saturated heterocycles. The SMILES string of the molecule is CNC(=O)CCC(C=O)c1nn(C)c2cc(C3CCN(CC(=O)N4CCC(O)(C(=O)N5CCC(Nc6ncc(Cl)c(-c7cccc(-c8ccc(F)cc8)c7)n6)CC5)CC4)CC3)ccc12. The molecule has 3 N–H and O–H groups in total. The van der Waals surface area contributed by atoms with Gasteiger partial charge in [0.2, 0.25) is 17.8 Å². The first-order valence-electron chi connectivity index (χ1n) is 22.2. The van der Waals surface area contributed by atoms with Crippen LogP contribution in [0.15, 0.2) is 72.9 Å². The van der Waals surface area contributed by atoms with E-state index in [1.54, 1.807) is 39.9 Å². The van der Waals surface area contributed by atoms with E-state index in [0.29, 0.717) is 80.3 Å². The summed E-state index contributed by atoms with van der Waals surface area (Å²) in [5, 5.41) is 23.6. The molecule has 3 fully saturated rings. The molecule has 0 spiro atoms. The van der Waals surface area contributed by atoms with Crippen LogP contribution in [-0.4, -0.2) is 128 Å². The van der Waals surface area contributed by atoms with Gasteiger partial charge in [0.1, 0.15) is 17.7 Å². The van der Waals surface area contributed by atoms with Crippen molar-refractivity contribution in [3.05, 3.63) is 95.0 Å². The number of likely N-dealkylation sites (tertiary alicyclic amines) is 3. The van der Waals surface area contributed by atoms with E-state index >= 15 is 0 Å². The quantitative estimate of drug-likeness (QED) is 0.121. The summed E-state index contributed by atoms with van der Waals surface area (Å²) in [6, 6.07) is 20.4. The molecule has 0 aliphatic carbocycles. The van der Waals surface area contributed by atoms with Crippen molar-refractivity contribution >= 4 is 52.5 Å². The minimum absolute atomic E-state index is 0.0103. The molecule has 3 amide bonds. The van der Waals surface area contributed by atoms with Crippen molar-refractivity contribution in [2.75, 3.05) is 58.2 Å². The Labute approximate surface area is 377 Å². The number of amides is 3. The second-order valence-electron chi connectivity index (χ2n) is 17.4. The number of benzene rings is 3. The van der Waals surface area contributed by atoms with Crippen LogP contribution in [0.4, 0.5) is 10.3 Å². The Morgan fingerprint density at radius 3 is 2.34 bits per heavy atom. The molecule has 5 heterocycles. The van der Waals surface area contributed by atoms with Crippen LogP contribution in [0.2, 0.25) is 5.02 Å². The van der Waals surface area contributed by atoms with Gasteiger partial charge in [0.15, 0.2) is 0 Å². The largest absolute Gasteiger partial charge is 0.380 e. The van der Waals surface area contributed by atoms with Gasteiger partial charge in [0.05, 0.1) is 40.6 Å². The molecule has 3 aliphatic heterocycles. The van der Waals surface area contributed by atoms with E-state index in [9.17, 15) is 28.7 Å². The number of carbonyl (C=O) groups is 4. The van der Waals surface area contributed by atoms with Gasteiger partial charge >= 0.3 is 0 Å². The Balaban J connectivity index is 0.783. The van der Waals surface area contributed by atoms with Crippen molar-refractivity contribution < 1.29 is 28.7 Å². The first-order valence-corrected chi connectivity index (χ1v) is 22.6. The molecule has 1 unspecified atom stereocenters. The monoisotopic (exact) mass is 891 g/mol. The van der Waals surface area contributed by atoms with Crippen LogP contribution in [0, 0.1) is 5.82 Å². The fraction of sp³-hybridized carbons (Fsp3) is 0.438. The zero-order valence-electron chi connectivity index (χ0n) is 36.3. The second-order valence-corrected chi connectivity index (χ2v) is 17.8. The molecule has 3 aliphatic rings. The van der Waals surface area contributed by atoms with Crippen LogP contribution in [0.25, 0.3) is 33.3 Å². The highest BCUT2D eigenvalue weighted by Crippen LogP contribution is 2.35. The Hall–Kier alpha value is -5.77. The molecule has 3 aromatic carbocycles. The number of fused-ring (bicyclic) bond motifs is 1. The van der Waals surface area contributed by atoms with Gasteiger partial charge in [0.25, 0.3) is 5.91 Å². The van der Waals surface area contributed by atoms with Crippen LogP contribution in [0.5, 0.6) is 0 Å². The zero-order chi connectivity index (χ0) is 45.0. The number of aryl methyl sites for hydroxylation is 1. The lowest BCUT2D eigenvalue weighted by Crippen LogP contribution is -2.58. The summed E-state index contributed by atoms with van der Waals surface area (Å²) in [6.07, 6.45) is 6.57. The number of aliphatic hydroxyl groups is 1. The third kappa shape index (κ3) is 9.96. The van der Waals surface area contributed by atoms with Gasteiger partial charge in [-0.2, -0.15) is 5.10 Å². The molecule has 2 aromatic heterocycles. The van der Waals surface area contributed by atoms with Crippen LogP contribution in [0.1, 0.15) is 74.5 Å². The molecule has 14 nitrogen and oxygen atoms in total. The Morgan fingerprint density at radius 1 is 0.922 bits per heavy atom. The molecule has 0 saturated carbocycles. The normalized spacial score (nSPS) is 17.9. The zero-order valence-corrected chi connectivity index (χ0v) is 37.1. The van der Waals surface area contributed by atoms with Crippen LogP contribution < -0.4 is 10.6 Å². The summed E-state index contributed by atoms with van der Waals surface area (Å²) in [5.41, 5.74) is 4.48. The van der Waals surface area contributed by atoms with Gasteiger partial charge in [0, 0.05) is 76.5 Å². The number of nitrogens with one attached hydrogen (secondary N) is 2. The number of anilines is 1. The van der Waals surface area contributed by atoms with E-state index in [0.717, 1.165) is 59.8 Å². The lowest BCUT2D eigenvalue weighted by atomic mass is 9.88. The van der Waals surface area contributed by atoms with Gasteiger partial charge in [-0.3, -0.25) is 24.0 Å². The predicted octanol–water partition coefficient (Wildman–Crippen LogP) is 5.93. The fourth-order valence-corrected chi connectivity index (χ4v) is 9.60. The molecule has 64 heavy (non-hydrogen) atoms. The average molecular weight is 892 g/mol. The number of nitrogens with zero attached hydrogens (tertiary/aromatic N) is 7. The number of hydrogen-bond donors (Lipinski definition) is 3. The number of aromatic nitrogens is 4. The summed E-state index contributed by atoms with van der Waals surface area (Å²) < 4.78 is 15.3. The maximum absolute atomic E-state index is 13.7. The first-order chi connectivity index (χ1) is 30.9. The fourth-order valence-electron chi connectivity index (χ4n) is 9.40. The maximum Gasteiger partial charge on any atom is 0.254 e. The third-order valence-electron chi connectivity index (χ3n) is 13.3. The predicted molar refractivity (Wildman–Crippen MR) is 243 cm³/mol. The number of halogens is 2. The minimum Gasteiger partial charge on any atom is -0.380 e. The van der Waals surface area contributed by atoms with Crippen molar-refractivity contribution in [3.8, 4) is 22.4 Å². The Kier molecular flexibility index (Phi) is 13.7. The van der Waals surface area contributed by atoms with Crippen LogP contribution >= 0.6 is 11.6 Å². The number of rotatable bonds is 13. The number of piperidine rings is 3. The molecule has 0 bridgehead atoms. The summed E-state index contributed by atoms with van der Waals surface area (Å²) in [6.45, 7) is 3.43. The van der Waals surface area contributed by atoms with Gasteiger partial charge in [-0.15, -0.1) is 0 Å². The van der Waals surface area contributed by atoms with Gasteiger partial charge in [-0.25, -0.2) is 14.4 Å². The smallest absolute Gasteiger partial charge is 0.254 e. The van der Waals surface area contributed by atoms with Crippen molar-refractivity contribution in [1.29, 1.82) is 0 Å². The van der Waals surface area contributed by atoms with Gasteiger partial charge in [-0.05, 0) is 92.1 Å². The van der Waals surface area contributed by atoms with Gasteiger partial charge in [-0.1, -0.05) is 54.1 Å². The Bertz CT molecular complexity index is 2490. The van der Waals surface area contributed by atoms with E-state index in [1.807, 2.05) is 37.4 Å². The number of aldehydes is 1. The standard InChI is InChI=1S/C48H55ClFN9O5/c1-51-42(61)13-9-36(30-60)44-39-12-8-34(27-41(39)56(2)55-44)32-14-20-57(21-15-32)29-43(62)58-24-18-48(64,19-25-58)46(63)59-22-16-38(17-23-59)53-47-52-28-40(49)45(54-47)35-5-3-4-33(26-35)31-6-10-37(50)11-7-31/h3-8,10-12,26-28,30,32,36,38,64H,9,13-25,29H2,1-2H3,(H,51,61)(H,52,53,54). The van der Waals surface area contributed by atoms with E-state index in [1.165, 1.54) is 17.7 Å². The molecule has 5 aromatic rings. The van der Waals surface area contributed by atoms with Crippen LogP contribution in [0.3, 0.4) is 0 Å². The molecule has 16 heteroatoms.